The predicted octanol–water partition coefficient (Wildman–Crippen LogP) is 2.54. The van der Waals surface area contributed by atoms with Crippen molar-refractivity contribution in [1.29, 1.82) is 0 Å². The highest BCUT2D eigenvalue weighted by Crippen LogP contribution is 2.34. The zero-order chi connectivity index (χ0) is 14.7. The van der Waals surface area contributed by atoms with Gasteiger partial charge in [0.1, 0.15) is 5.69 Å². The van der Waals surface area contributed by atoms with E-state index in [9.17, 15) is 0 Å². The number of hydrogen-bond donors (Lipinski definition) is 2. The van der Waals surface area contributed by atoms with Crippen molar-refractivity contribution in [3.05, 3.63) is 45.7 Å². The van der Waals surface area contributed by atoms with Crippen LogP contribution in [-0.2, 0) is 6.54 Å². The molecule has 2 aromatic rings. The fourth-order valence-electron chi connectivity index (χ4n) is 2.29. The third kappa shape index (κ3) is 2.59. The van der Waals surface area contributed by atoms with Gasteiger partial charge in [0.25, 0.3) is 0 Å². The van der Waals surface area contributed by atoms with E-state index in [-0.39, 0.29) is 6.04 Å². The molecular weight excluding hydrogens is 320 g/mol. The van der Waals surface area contributed by atoms with Gasteiger partial charge in [-0.3, -0.25) is 10.5 Å². The highest BCUT2D eigenvalue weighted by molar-refractivity contribution is 9.10. The van der Waals surface area contributed by atoms with Gasteiger partial charge in [-0.1, -0.05) is 34.1 Å². The third-order valence-corrected chi connectivity index (χ3v) is 4.42. The molecule has 1 heterocycles. The summed E-state index contributed by atoms with van der Waals surface area (Å²) < 4.78 is 8.33. The van der Waals surface area contributed by atoms with Gasteiger partial charge in [-0.05, 0) is 25.0 Å². The normalized spacial score (nSPS) is 12.4. The summed E-state index contributed by atoms with van der Waals surface area (Å²) >= 11 is 3.63. The molecule has 1 aromatic heterocycles. The van der Waals surface area contributed by atoms with Gasteiger partial charge < -0.3 is 4.74 Å². The van der Waals surface area contributed by atoms with E-state index in [4.69, 9.17) is 10.6 Å². The molecule has 0 amide bonds. The monoisotopic (exact) mass is 338 g/mol. The topological polar surface area (TPSA) is 65.1 Å². The minimum Gasteiger partial charge on any atom is -0.493 e. The van der Waals surface area contributed by atoms with Crippen LogP contribution in [0.1, 0.15) is 29.8 Å². The number of hydrazine groups is 1. The van der Waals surface area contributed by atoms with Crippen molar-refractivity contribution < 1.29 is 4.74 Å². The predicted molar refractivity (Wildman–Crippen MR) is 82.5 cm³/mol. The number of hydrogen-bond acceptors (Lipinski definition) is 4. The lowest BCUT2D eigenvalue weighted by Gasteiger charge is -2.21. The van der Waals surface area contributed by atoms with Crippen LogP contribution in [0.2, 0.25) is 0 Å². The Morgan fingerprint density at radius 3 is 2.85 bits per heavy atom. The van der Waals surface area contributed by atoms with Crippen LogP contribution in [0.3, 0.4) is 0 Å². The Morgan fingerprint density at radius 2 is 2.25 bits per heavy atom. The first-order valence-corrected chi connectivity index (χ1v) is 7.24. The highest BCUT2D eigenvalue weighted by Gasteiger charge is 2.24. The van der Waals surface area contributed by atoms with Gasteiger partial charge in [0.05, 0.1) is 19.3 Å². The number of benzene rings is 1. The number of rotatable bonds is 5. The van der Waals surface area contributed by atoms with E-state index < -0.39 is 0 Å². The highest BCUT2D eigenvalue weighted by atomic mass is 79.9. The summed E-state index contributed by atoms with van der Waals surface area (Å²) in [6.45, 7) is 4.84. The molecule has 6 heteroatoms. The average molecular weight is 339 g/mol. The lowest BCUT2D eigenvalue weighted by molar-refractivity contribution is 0.399. The second-order valence-corrected chi connectivity index (χ2v) is 5.28. The summed E-state index contributed by atoms with van der Waals surface area (Å²) in [5.41, 5.74) is 6.00. The maximum absolute atomic E-state index is 5.79. The molecule has 0 aliphatic heterocycles. The minimum atomic E-state index is -0.193. The molecule has 2 rings (SSSR count). The van der Waals surface area contributed by atoms with Gasteiger partial charge in [0.2, 0.25) is 0 Å². The summed E-state index contributed by atoms with van der Waals surface area (Å²) in [6, 6.07) is 5.91. The Labute approximate surface area is 127 Å². The molecule has 5 nitrogen and oxygen atoms in total. The molecule has 0 aliphatic carbocycles. The zero-order valence-electron chi connectivity index (χ0n) is 11.9. The third-order valence-electron chi connectivity index (χ3n) is 3.34. The molecule has 1 unspecified atom stereocenters. The molecule has 0 radical (unpaired) electrons. The largest absolute Gasteiger partial charge is 0.493 e. The Hall–Kier alpha value is -1.37. The van der Waals surface area contributed by atoms with Crippen molar-refractivity contribution in [3.63, 3.8) is 0 Å². The van der Waals surface area contributed by atoms with Crippen molar-refractivity contribution in [1.82, 2.24) is 15.2 Å². The zero-order valence-corrected chi connectivity index (χ0v) is 13.4. The van der Waals surface area contributed by atoms with Gasteiger partial charge in [-0.2, -0.15) is 5.10 Å². The second kappa shape index (κ2) is 6.39. The molecule has 0 saturated carbocycles. The number of nitrogens with zero attached hydrogens (tertiary/aromatic N) is 2. The quantitative estimate of drug-likeness (QED) is 0.649. The SMILES string of the molecule is CCn1ncc(OC)c1C(NN)c1cccc(C)c1Br. The standard InChI is InChI=1S/C14H19BrN4O/c1-4-19-14(11(20-3)8-17-19)13(18-16)10-7-5-6-9(2)12(10)15/h5-8,13,18H,4,16H2,1-3H3. The Kier molecular flexibility index (Phi) is 4.80. The van der Waals surface area contributed by atoms with Crippen molar-refractivity contribution in [2.75, 3.05) is 7.11 Å². The van der Waals surface area contributed by atoms with Crippen LogP contribution in [-0.4, -0.2) is 16.9 Å². The van der Waals surface area contributed by atoms with Crippen LogP contribution in [0.15, 0.2) is 28.9 Å². The first kappa shape index (κ1) is 15.0. The lowest BCUT2D eigenvalue weighted by Crippen LogP contribution is -2.31. The Bertz CT molecular complexity index is 575. The maximum Gasteiger partial charge on any atom is 0.161 e. The van der Waals surface area contributed by atoms with Crippen LogP contribution < -0.4 is 16.0 Å². The van der Waals surface area contributed by atoms with Crippen LogP contribution in [0, 0.1) is 6.92 Å². The number of nitrogens with one attached hydrogen (secondary N) is 1. The molecule has 3 N–H and O–H groups in total. The van der Waals surface area contributed by atoms with Crippen molar-refractivity contribution in [2.24, 2.45) is 5.84 Å². The molecule has 0 spiro atoms. The van der Waals surface area contributed by atoms with Gasteiger partial charge in [0.15, 0.2) is 5.75 Å². The molecule has 1 aromatic carbocycles. The van der Waals surface area contributed by atoms with E-state index in [1.807, 2.05) is 23.7 Å². The van der Waals surface area contributed by atoms with Crippen molar-refractivity contribution in [3.8, 4) is 5.75 Å². The molecule has 0 saturated heterocycles. The second-order valence-electron chi connectivity index (χ2n) is 4.49. The number of nitrogens with two attached hydrogens (primary N) is 1. The Balaban J connectivity index is 2.58. The number of halogens is 1. The summed E-state index contributed by atoms with van der Waals surface area (Å²) in [6.07, 6.45) is 1.72. The summed E-state index contributed by atoms with van der Waals surface area (Å²) in [4.78, 5) is 0. The fourth-order valence-corrected chi connectivity index (χ4v) is 2.78. The van der Waals surface area contributed by atoms with E-state index in [1.165, 1.54) is 0 Å². The maximum atomic E-state index is 5.79. The molecule has 20 heavy (non-hydrogen) atoms. The Morgan fingerprint density at radius 1 is 1.50 bits per heavy atom. The number of methoxy groups -OCH3 is 1. The van der Waals surface area contributed by atoms with Crippen molar-refractivity contribution >= 4 is 15.9 Å². The molecule has 0 bridgehead atoms. The molecule has 1 atom stereocenters. The number of ether oxygens (including phenoxy) is 1. The van der Waals surface area contributed by atoms with Gasteiger partial charge in [0, 0.05) is 11.0 Å². The first-order chi connectivity index (χ1) is 9.63. The summed E-state index contributed by atoms with van der Waals surface area (Å²) in [7, 11) is 1.64. The number of aryl methyl sites for hydroxylation is 2. The van der Waals surface area contributed by atoms with Gasteiger partial charge in [-0.25, -0.2) is 5.43 Å². The minimum absolute atomic E-state index is 0.193. The number of aromatic nitrogens is 2. The molecule has 0 fully saturated rings. The average Bonchev–Trinajstić information content (AvgIpc) is 2.87. The molecule has 0 aliphatic rings. The lowest BCUT2D eigenvalue weighted by atomic mass is 10.0. The first-order valence-electron chi connectivity index (χ1n) is 6.44. The van der Waals surface area contributed by atoms with E-state index in [2.05, 4.69) is 39.4 Å². The van der Waals surface area contributed by atoms with Crippen LogP contribution in [0.25, 0.3) is 0 Å². The van der Waals surface area contributed by atoms with Crippen LogP contribution in [0.5, 0.6) is 5.75 Å². The van der Waals surface area contributed by atoms with E-state index in [1.54, 1.807) is 13.3 Å². The van der Waals surface area contributed by atoms with Crippen LogP contribution >= 0.6 is 15.9 Å². The smallest absolute Gasteiger partial charge is 0.161 e. The summed E-state index contributed by atoms with van der Waals surface area (Å²) in [5.74, 6) is 6.52. The molecular formula is C14H19BrN4O. The van der Waals surface area contributed by atoms with Gasteiger partial charge in [-0.15, -0.1) is 0 Å². The fraction of sp³-hybridized carbons (Fsp3) is 0.357. The van der Waals surface area contributed by atoms with Gasteiger partial charge >= 0.3 is 0 Å². The van der Waals surface area contributed by atoms with E-state index in [0.717, 1.165) is 33.6 Å². The van der Waals surface area contributed by atoms with Crippen molar-refractivity contribution in [2.45, 2.75) is 26.4 Å². The molecule has 108 valence electrons. The van der Waals surface area contributed by atoms with E-state index in [0.29, 0.717) is 0 Å². The van der Waals surface area contributed by atoms with Crippen LogP contribution in [0.4, 0.5) is 0 Å². The van der Waals surface area contributed by atoms with E-state index >= 15 is 0 Å². The summed E-state index contributed by atoms with van der Waals surface area (Å²) in [5, 5.41) is 4.33.